The number of morpholine rings is 1. The van der Waals surface area contributed by atoms with Crippen molar-refractivity contribution in [2.75, 3.05) is 69.2 Å². The fourth-order valence-electron chi connectivity index (χ4n) is 4.09. The van der Waals surface area contributed by atoms with Crippen LogP contribution in [0, 0.1) is 0 Å². The first-order valence-corrected chi connectivity index (χ1v) is 12.4. The van der Waals surface area contributed by atoms with Crippen LogP contribution in [0.1, 0.15) is 25.1 Å². The molecule has 0 bridgehead atoms. The van der Waals surface area contributed by atoms with Gasteiger partial charge in [0.1, 0.15) is 17.1 Å². The lowest BCUT2D eigenvalue weighted by Gasteiger charge is -2.28. The van der Waals surface area contributed by atoms with Crippen molar-refractivity contribution in [2.45, 2.75) is 19.3 Å². The zero-order chi connectivity index (χ0) is 26.4. The number of amides is 1. The quantitative estimate of drug-likeness (QED) is 0.473. The maximum atomic E-state index is 14.0. The molecule has 0 atom stereocenters. The van der Waals surface area contributed by atoms with Crippen molar-refractivity contribution in [2.24, 2.45) is 0 Å². The van der Waals surface area contributed by atoms with Gasteiger partial charge in [-0.05, 0) is 25.0 Å². The molecule has 0 spiro atoms. The molecule has 4 heterocycles. The zero-order valence-corrected chi connectivity index (χ0v) is 21.4. The number of ether oxygens (including phenoxy) is 2. The van der Waals surface area contributed by atoms with Gasteiger partial charge in [-0.15, -0.1) is 11.6 Å². The highest BCUT2D eigenvalue weighted by atomic mass is 35.5. The molecule has 0 saturated carbocycles. The number of fused-ring (bicyclic) bond motifs is 1. The van der Waals surface area contributed by atoms with E-state index in [1.54, 1.807) is 25.2 Å². The number of carbonyl (C=O) groups is 1. The Bertz CT molecular complexity index is 1210. The van der Waals surface area contributed by atoms with Crippen molar-refractivity contribution in [3.63, 3.8) is 0 Å². The number of imidazole rings is 1. The van der Waals surface area contributed by atoms with Gasteiger partial charge < -0.3 is 24.6 Å². The molecule has 2 fully saturated rings. The third-order valence-corrected chi connectivity index (χ3v) is 6.21. The van der Waals surface area contributed by atoms with Crippen LogP contribution < -0.4 is 19.9 Å². The Morgan fingerprint density at radius 3 is 2.22 bits per heavy atom. The summed E-state index contributed by atoms with van der Waals surface area (Å²) in [5, 5.41) is 2.34. The smallest absolute Gasteiger partial charge is 0.296 e. The zero-order valence-electron chi connectivity index (χ0n) is 20.7. The van der Waals surface area contributed by atoms with Crippen molar-refractivity contribution in [1.82, 2.24) is 29.8 Å². The molecule has 0 radical (unpaired) electrons. The highest BCUT2D eigenvalue weighted by molar-refractivity contribution is 6.27. The van der Waals surface area contributed by atoms with Gasteiger partial charge in [0.15, 0.2) is 5.82 Å². The van der Waals surface area contributed by atoms with E-state index in [0.29, 0.717) is 55.0 Å². The van der Waals surface area contributed by atoms with Gasteiger partial charge in [-0.3, -0.25) is 9.36 Å². The number of halogens is 3. The average Bonchev–Trinajstić information content (AvgIpc) is 3.62. The number of anilines is 2. The minimum absolute atomic E-state index is 0.0521. The van der Waals surface area contributed by atoms with E-state index in [1.807, 2.05) is 4.90 Å². The van der Waals surface area contributed by atoms with Crippen LogP contribution in [0.3, 0.4) is 0 Å². The van der Waals surface area contributed by atoms with Gasteiger partial charge >= 0.3 is 0 Å². The molecule has 0 aliphatic carbocycles. The molecule has 1 N–H and O–H groups in total. The third kappa shape index (κ3) is 5.99. The minimum atomic E-state index is -2.81. The van der Waals surface area contributed by atoms with Crippen LogP contribution in [0.5, 0.6) is 5.75 Å². The third-order valence-electron chi connectivity index (χ3n) is 5.97. The van der Waals surface area contributed by atoms with Crippen LogP contribution in [0.4, 0.5) is 20.7 Å². The number of carbonyl (C=O) groups excluding carboxylic acids is 1. The van der Waals surface area contributed by atoms with E-state index < -0.39 is 12.2 Å². The lowest BCUT2D eigenvalue weighted by molar-refractivity contribution is -0.118. The lowest BCUT2D eigenvalue weighted by Crippen LogP contribution is -2.38. The first-order valence-electron chi connectivity index (χ1n) is 11.9. The topological polar surface area (TPSA) is 111 Å². The Kier molecular flexibility index (Phi) is 8.87. The molecule has 5 rings (SSSR count). The minimum Gasteiger partial charge on any atom is -0.494 e. The van der Waals surface area contributed by atoms with Crippen molar-refractivity contribution < 1.29 is 23.0 Å². The maximum absolute atomic E-state index is 14.0. The molecule has 2 aromatic heterocycles. The predicted octanol–water partition coefficient (Wildman–Crippen LogP) is 2.56. The summed E-state index contributed by atoms with van der Waals surface area (Å²) in [5.74, 6) is 0.984. The van der Waals surface area contributed by atoms with Gasteiger partial charge in [0.2, 0.25) is 23.8 Å². The summed E-state index contributed by atoms with van der Waals surface area (Å²) in [6.07, 6.45) is -0.723. The lowest BCUT2D eigenvalue weighted by atomic mass is 10.3. The van der Waals surface area contributed by atoms with Gasteiger partial charge in [-0.1, -0.05) is 6.07 Å². The molecule has 3 aromatic rings. The van der Waals surface area contributed by atoms with Crippen molar-refractivity contribution in [3.8, 4) is 11.7 Å². The molecule has 1 aromatic carbocycles. The molecule has 11 nitrogen and oxygen atoms in total. The molecule has 2 aliphatic heterocycles. The Morgan fingerprint density at radius 1 is 1.05 bits per heavy atom. The van der Waals surface area contributed by atoms with Crippen molar-refractivity contribution in [3.05, 3.63) is 24.0 Å². The summed E-state index contributed by atoms with van der Waals surface area (Å²) in [6.45, 7) is 4.03. The molecule has 2 aliphatic rings. The van der Waals surface area contributed by atoms with E-state index in [-0.39, 0.29) is 17.7 Å². The Hall–Kier alpha value is -3.32. The predicted molar refractivity (Wildman–Crippen MR) is 135 cm³/mol. The molecule has 14 heteroatoms. The van der Waals surface area contributed by atoms with Crippen molar-refractivity contribution in [1.29, 1.82) is 0 Å². The van der Waals surface area contributed by atoms with E-state index in [0.717, 1.165) is 25.9 Å². The van der Waals surface area contributed by atoms with E-state index in [9.17, 15) is 13.6 Å². The number of nitrogens with one attached hydrogen (secondary N) is 1. The van der Waals surface area contributed by atoms with E-state index in [2.05, 4.69) is 30.2 Å². The fraction of sp³-hybridized carbons (Fsp3) is 0.522. The van der Waals surface area contributed by atoms with Gasteiger partial charge in [0, 0.05) is 33.2 Å². The molecular formula is C23H29ClF2N8O3. The number of aromatic nitrogens is 5. The summed E-state index contributed by atoms with van der Waals surface area (Å²) in [5.41, 5.74) is 0.803. The van der Waals surface area contributed by atoms with Crippen LogP contribution in [-0.4, -0.2) is 89.8 Å². The molecule has 1 amide bonds. The number of methoxy groups -OCH3 is 1. The second-order valence-corrected chi connectivity index (χ2v) is 8.54. The second kappa shape index (κ2) is 12.3. The fourth-order valence-corrected chi connectivity index (χ4v) is 4.22. The van der Waals surface area contributed by atoms with Crippen LogP contribution in [-0.2, 0) is 9.53 Å². The van der Waals surface area contributed by atoms with Gasteiger partial charge in [0.05, 0.1) is 25.8 Å². The summed E-state index contributed by atoms with van der Waals surface area (Å²) in [4.78, 5) is 32.0. The average molecular weight is 539 g/mol. The maximum Gasteiger partial charge on any atom is 0.296 e. The summed E-state index contributed by atoms with van der Waals surface area (Å²) < 4.78 is 40.1. The molecule has 2 saturated heterocycles. The normalized spacial score (nSPS) is 15.6. The number of benzene rings is 1. The second-order valence-electron chi connectivity index (χ2n) is 8.27. The Balaban J connectivity index is 0.000000480. The molecule has 200 valence electrons. The highest BCUT2D eigenvalue weighted by Crippen LogP contribution is 2.32. The standard InChI is InChI=1S/C20H23F2N7O2.C3H6ClNO/c1-30-14-6-4-5-13-15(14)23-17(16(21)22)29(13)20-25-18(27-7-2-3-8-27)24-19(26-20)28-9-11-31-12-10-28;1-5-3(6)2-4/h4-6,16H,2-3,7-12H2,1H3;2H2,1H3,(H,5,6). The number of alkyl halides is 3. The van der Waals surface area contributed by atoms with E-state index in [4.69, 9.17) is 21.1 Å². The van der Waals surface area contributed by atoms with Gasteiger partial charge in [-0.25, -0.2) is 13.8 Å². The van der Waals surface area contributed by atoms with Gasteiger partial charge in [-0.2, -0.15) is 15.0 Å². The van der Waals surface area contributed by atoms with Crippen LogP contribution in [0.25, 0.3) is 17.0 Å². The summed E-state index contributed by atoms with van der Waals surface area (Å²) in [6, 6.07) is 5.14. The number of rotatable bonds is 6. The first-order chi connectivity index (χ1) is 18.0. The van der Waals surface area contributed by atoms with Crippen molar-refractivity contribution >= 4 is 40.4 Å². The number of para-hydroxylation sites is 1. The SMILES string of the molecule is CNC(=O)CCl.COc1cccc2c1nc(C(F)F)n2-c1nc(N2CCCC2)nc(N2CCOCC2)n1. The highest BCUT2D eigenvalue weighted by Gasteiger charge is 2.27. The van der Waals surface area contributed by atoms with E-state index >= 15 is 0 Å². The van der Waals surface area contributed by atoms with Gasteiger partial charge in [0.25, 0.3) is 6.43 Å². The van der Waals surface area contributed by atoms with Crippen LogP contribution in [0.2, 0.25) is 0 Å². The summed E-state index contributed by atoms with van der Waals surface area (Å²) >= 11 is 5.04. The number of nitrogens with zero attached hydrogens (tertiary/aromatic N) is 7. The molecule has 0 unspecified atom stereocenters. The largest absolute Gasteiger partial charge is 0.494 e. The first kappa shape index (κ1) is 26.7. The number of hydrogen-bond donors (Lipinski definition) is 1. The van der Waals surface area contributed by atoms with Crippen LogP contribution in [0.15, 0.2) is 18.2 Å². The summed E-state index contributed by atoms with van der Waals surface area (Å²) in [7, 11) is 3.03. The number of hydrogen-bond acceptors (Lipinski definition) is 9. The van der Waals surface area contributed by atoms with Crippen LogP contribution >= 0.6 is 11.6 Å². The van der Waals surface area contributed by atoms with E-state index in [1.165, 1.54) is 11.7 Å². The Labute approximate surface area is 217 Å². The molecule has 37 heavy (non-hydrogen) atoms. The Morgan fingerprint density at radius 2 is 1.68 bits per heavy atom. The monoisotopic (exact) mass is 538 g/mol. The molecular weight excluding hydrogens is 510 g/mol.